The van der Waals surface area contributed by atoms with E-state index in [9.17, 15) is 12.6 Å². The van der Waals surface area contributed by atoms with Crippen molar-refractivity contribution in [1.82, 2.24) is 0 Å². The Bertz CT molecular complexity index is 2270. The smallest absolute Gasteiger partial charge is 0.206 e. The Morgan fingerprint density at radius 1 is 0.490 bits per heavy atom. The Morgan fingerprint density at radius 3 is 1.27 bits per heavy atom. The van der Waals surface area contributed by atoms with E-state index < -0.39 is 19.4 Å². The fourth-order valence-corrected chi connectivity index (χ4v) is 8.35. The van der Waals surface area contributed by atoms with Crippen molar-refractivity contribution in [3.8, 4) is 28.4 Å². The standard InChI is InChI=1S/C42H38O5S2/c1-30-6-22-38(23-7-30)48(5,43)39-24-8-31(9-25-39)32-10-26-40(27-11-32)49(44,45)41-28-20-37(21-29-41)47-36-18-14-34(15-19-36)42(2,3)33-12-16-35(46-4)17-13-33/h6-29H,5H2,1-4H3. The van der Waals surface area contributed by atoms with E-state index in [0.29, 0.717) is 21.3 Å². The van der Waals surface area contributed by atoms with E-state index in [4.69, 9.17) is 9.47 Å². The molecule has 248 valence electrons. The molecule has 0 aliphatic carbocycles. The maximum absolute atomic E-state index is 13.5. The fraction of sp³-hybridized carbons (Fsp3) is 0.119. The van der Waals surface area contributed by atoms with Crippen LogP contribution in [0.3, 0.4) is 0 Å². The predicted octanol–water partition coefficient (Wildman–Crippen LogP) is 9.76. The van der Waals surface area contributed by atoms with Crippen molar-refractivity contribution < 1.29 is 22.1 Å². The van der Waals surface area contributed by atoms with E-state index in [-0.39, 0.29) is 15.2 Å². The zero-order chi connectivity index (χ0) is 34.8. The molecule has 0 spiro atoms. The maximum atomic E-state index is 13.5. The third-order valence-corrected chi connectivity index (χ3v) is 12.7. The molecule has 0 heterocycles. The number of rotatable bonds is 10. The fourth-order valence-electron chi connectivity index (χ4n) is 5.66. The van der Waals surface area contributed by atoms with Crippen molar-refractivity contribution >= 4 is 25.2 Å². The second-order valence-electron chi connectivity index (χ2n) is 12.5. The molecule has 1 atom stereocenters. The number of hydrogen-bond acceptors (Lipinski definition) is 5. The third kappa shape index (κ3) is 7.05. The summed E-state index contributed by atoms with van der Waals surface area (Å²) in [5.74, 6) is 6.02. The quantitative estimate of drug-likeness (QED) is 0.134. The van der Waals surface area contributed by atoms with Crippen LogP contribution in [0.4, 0.5) is 0 Å². The van der Waals surface area contributed by atoms with E-state index in [1.165, 1.54) is 5.56 Å². The highest BCUT2D eigenvalue weighted by Gasteiger charge is 2.23. The second kappa shape index (κ2) is 13.4. The third-order valence-electron chi connectivity index (χ3n) is 8.89. The van der Waals surface area contributed by atoms with Gasteiger partial charge >= 0.3 is 0 Å². The summed E-state index contributed by atoms with van der Waals surface area (Å²) in [6.45, 7) is 6.33. The second-order valence-corrected chi connectivity index (χ2v) is 16.7. The van der Waals surface area contributed by atoms with Crippen LogP contribution in [0, 0.1) is 6.92 Å². The number of methoxy groups -OCH3 is 1. The molecule has 0 amide bonds. The monoisotopic (exact) mass is 686 g/mol. The highest BCUT2D eigenvalue weighted by atomic mass is 32.2. The predicted molar refractivity (Wildman–Crippen MR) is 198 cm³/mol. The van der Waals surface area contributed by atoms with Gasteiger partial charge < -0.3 is 9.47 Å². The zero-order valence-electron chi connectivity index (χ0n) is 27.9. The van der Waals surface area contributed by atoms with Crippen LogP contribution in [-0.4, -0.2) is 25.6 Å². The van der Waals surface area contributed by atoms with Crippen molar-refractivity contribution in [3.63, 3.8) is 0 Å². The van der Waals surface area contributed by atoms with Crippen LogP contribution >= 0.6 is 0 Å². The first-order valence-electron chi connectivity index (χ1n) is 15.8. The Morgan fingerprint density at radius 2 is 0.837 bits per heavy atom. The summed E-state index contributed by atoms with van der Waals surface area (Å²) in [5, 5.41) is 0. The van der Waals surface area contributed by atoms with E-state index >= 15 is 0 Å². The maximum Gasteiger partial charge on any atom is 0.206 e. The first-order valence-corrected chi connectivity index (χ1v) is 19.0. The highest BCUT2D eigenvalue weighted by molar-refractivity contribution is 8.00. The lowest BCUT2D eigenvalue weighted by Crippen LogP contribution is -2.18. The lowest BCUT2D eigenvalue weighted by Gasteiger charge is -2.26. The first-order chi connectivity index (χ1) is 23.4. The molecule has 0 radical (unpaired) electrons. The van der Waals surface area contributed by atoms with Crippen LogP contribution in [0.1, 0.15) is 30.5 Å². The van der Waals surface area contributed by atoms with E-state index in [0.717, 1.165) is 28.0 Å². The molecule has 0 bridgehead atoms. The molecule has 6 aromatic rings. The van der Waals surface area contributed by atoms with Gasteiger partial charge in [0.05, 0.1) is 16.9 Å². The summed E-state index contributed by atoms with van der Waals surface area (Å²) in [7, 11) is -4.74. The van der Waals surface area contributed by atoms with Crippen molar-refractivity contribution in [2.45, 2.75) is 45.8 Å². The zero-order valence-corrected chi connectivity index (χ0v) is 29.6. The van der Waals surface area contributed by atoms with Crippen molar-refractivity contribution in [2.24, 2.45) is 0 Å². The minimum Gasteiger partial charge on any atom is -0.497 e. The summed E-state index contributed by atoms with van der Waals surface area (Å²) >= 11 is 0. The van der Waals surface area contributed by atoms with Gasteiger partial charge in [-0.25, -0.2) is 8.42 Å². The molecule has 49 heavy (non-hydrogen) atoms. The molecule has 0 aromatic heterocycles. The molecule has 6 aromatic carbocycles. The molecule has 7 heteroatoms. The van der Waals surface area contributed by atoms with Gasteiger partial charge in [-0.2, -0.15) is 0 Å². The minimum absolute atomic E-state index is 0.176. The summed E-state index contributed by atoms with van der Waals surface area (Å²) in [6.07, 6.45) is 0. The Kier molecular flexibility index (Phi) is 9.25. The van der Waals surface area contributed by atoms with Gasteiger partial charge in [0.2, 0.25) is 9.84 Å². The van der Waals surface area contributed by atoms with Crippen molar-refractivity contribution in [1.29, 1.82) is 0 Å². The van der Waals surface area contributed by atoms with Gasteiger partial charge in [0.1, 0.15) is 17.2 Å². The molecule has 0 saturated heterocycles. The van der Waals surface area contributed by atoms with Crippen LogP contribution < -0.4 is 9.47 Å². The van der Waals surface area contributed by atoms with E-state index in [2.05, 4.69) is 31.9 Å². The topological polar surface area (TPSA) is 69.7 Å². The Hall–Kier alpha value is -5.11. The molecular formula is C42H38O5S2. The lowest BCUT2D eigenvalue weighted by atomic mass is 9.78. The Labute approximate surface area is 289 Å². The molecule has 0 N–H and O–H groups in total. The summed E-state index contributed by atoms with van der Waals surface area (Å²) in [6, 6.07) is 44.2. The van der Waals surface area contributed by atoms with Crippen LogP contribution in [0.2, 0.25) is 0 Å². The van der Waals surface area contributed by atoms with Gasteiger partial charge in [-0.15, -0.1) is 0 Å². The molecule has 0 aliphatic heterocycles. The lowest BCUT2D eigenvalue weighted by molar-refractivity contribution is 0.414. The van der Waals surface area contributed by atoms with E-state index in [1.54, 1.807) is 55.6 Å². The molecule has 0 fully saturated rings. The molecule has 6 rings (SSSR count). The first kappa shape index (κ1) is 33.8. The number of sulfone groups is 1. The summed E-state index contributed by atoms with van der Waals surface area (Å²) in [4.78, 5) is 1.68. The largest absolute Gasteiger partial charge is 0.497 e. The highest BCUT2D eigenvalue weighted by Crippen LogP contribution is 2.35. The molecule has 0 saturated carbocycles. The van der Waals surface area contributed by atoms with Crippen LogP contribution in [0.5, 0.6) is 17.2 Å². The number of hydrogen-bond donors (Lipinski definition) is 0. The molecule has 1 unspecified atom stereocenters. The molecular weight excluding hydrogens is 649 g/mol. The number of ether oxygens (including phenoxy) is 2. The molecule has 0 aliphatic rings. The van der Waals surface area contributed by atoms with Gasteiger partial charge in [-0.05, 0) is 120 Å². The van der Waals surface area contributed by atoms with Gasteiger partial charge in [-0.3, -0.25) is 4.21 Å². The van der Waals surface area contributed by atoms with Crippen LogP contribution in [0.25, 0.3) is 11.1 Å². The van der Waals surface area contributed by atoms with Crippen molar-refractivity contribution in [2.75, 3.05) is 7.11 Å². The van der Waals surface area contributed by atoms with Crippen LogP contribution in [0.15, 0.2) is 165 Å². The number of benzene rings is 6. The Balaban J connectivity index is 1.12. The van der Waals surface area contributed by atoms with E-state index in [1.807, 2.05) is 91.9 Å². The van der Waals surface area contributed by atoms with Gasteiger partial charge in [0.25, 0.3) is 0 Å². The average molecular weight is 687 g/mol. The van der Waals surface area contributed by atoms with Gasteiger partial charge in [0, 0.05) is 24.7 Å². The van der Waals surface area contributed by atoms with Gasteiger partial charge in [0.15, 0.2) is 0 Å². The number of aryl methyl sites for hydroxylation is 1. The van der Waals surface area contributed by atoms with Crippen molar-refractivity contribution in [3.05, 3.63) is 162 Å². The van der Waals surface area contributed by atoms with Crippen LogP contribution in [-0.2, 0) is 24.8 Å². The molecule has 5 nitrogen and oxygen atoms in total. The average Bonchev–Trinajstić information content (AvgIpc) is 3.12. The minimum atomic E-state index is -3.75. The summed E-state index contributed by atoms with van der Waals surface area (Å²) < 4.78 is 51.7. The normalized spacial score (nSPS) is 13.0. The summed E-state index contributed by atoms with van der Waals surface area (Å²) in [5.41, 5.74) is 4.90. The SMILES string of the molecule is C=S(=O)(c1ccc(C)cc1)c1ccc(-c2ccc(S(=O)(=O)c3ccc(Oc4ccc(C(C)(C)c5ccc(OC)cc5)cc4)cc3)cc2)cc1. The van der Waals surface area contributed by atoms with Gasteiger partial charge in [-0.1, -0.05) is 80.1 Å².